The Morgan fingerprint density at radius 3 is 2.69 bits per heavy atom. The van der Waals surface area contributed by atoms with Crippen molar-refractivity contribution in [3.8, 4) is 0 Å². The molecule has 26 heavy (non-hydrogen) atoms. The molecular weight excluding hydrogens is 331 g/mol. The summed E-state index contributed by atoms with van der Waals surface area (Å²) in [7, 11) is 0. The number of nitrogens with zero attached hydrogens (tertiary/aromatic N) is 2. The molecule has 0 radical (unpaired) electrons. The molecule has 0 saturated carbocycles. The number of hydrogen-bond donors (Lipinski definition) is 0. The zero-order valence-electron chi connectivity index (χ0n) is 15.1. The van der Waals surface area contributed by atoms with Crippen LogP contribution in [0, 0.1) is 11.7 Å². The summed E-state index contributed by atoms with van der Waals surface area (Å²) >= 11 is 0. The first-order valence-electron chi connectivity index (χ1n) is 8.84. The molecule has 0 bridgehead atoms. The van der Waals surface area contributed by atoms with E-state index in [9.17, 15) is 9.18 Å². The molecule has 2 aromatic rings. The van der Waals surface area contributed by atoms with Crippen LogP contribution in [0.25, 0.3) is 0 Å². The Kier molecular flexibility index (Phi) is 5.66. The molecule has 0 aromatic heterocycles. The third kappa shape index (κ3) is 4.48. The highest BCUT2D eigenvalue weighted by Gasteiger charge is 2.27. The summed E-state index contributed by atoms with van der Waals surface area (Å²) in [5, 5.41) is 4.18. The molecular formula is C21H23FN2O2. The van der Waals surface area contributed by atoms with Crippen LogP contribution in [0.5, 0.6) is 0 Å². The van der Waals surface area contributed by atoms with Crippen LogP contribution in [0.4, 0.5) is 4.39 Å². The predicted octanol–water partition coefficient (Wildman–Crippen LogP) is 4.00. The molecule has 1 aliphatic heterocycles. The molecule has 0 fully saturated rings. The SMILES string of the molecule is CC(C)C(=O)N(Cc1cccc(F)c1)CC1CC(c2ccccc2)=NO1. The standard InChI is InChI=1S/C21H23FN2O2/c1-15(2)21(25)24(13-16-7-6-10-18(22)11-16)14-19-12-20(23-26-19)17-8-4-3-5-9-17/h3-11,15,19H,12-14H2,1-2H3. The first kappa shape index (κ1) is 18.1. The second-order valence-electron chi connectivity index (χ2n) is 6.84. The lowest BCUT2D eigenvalue weighted by atomic mass is 10.0. The van der Waals surface area contributed by atoms with Gasteiger partial charge in [0.25, 0.3) is 0 Å². The van der Waals surface area contributed by atoms with E-state index in [1.807, 2.05) is 50.2 Å². The Labute approximate surface area is 153 Å². The summed E-state index contributed by atoms with van der Waals surface area (Å²) in [5.41, 5.74) is 2.68. The number of oxime groups is 1. The zero-order chi connectivity index (χ0) is 18.5. The molecule has 2 aromatic carbocycles. The van der Waals surface area contributed by atoms with Crippen LogP contribution in [0.3, 0.4) is 0 Å². The first-order chi connectivity index (χ1) is 12.5. The van der Waals surface area contributed by atoms with Crippen LogP contribution in [0.2, 0.25) is 0 Å². The van der Waals surface area contributed by atoms with Crippen LogP contribution < -0.4 is 0 Å². The van der Waals surface area contributed by atoms with Crippen LogP contribution in [-0.4, -0.2) is 29.2 Å². The number of rotatable bonds is 6. The second kappa shape index (κ2) is 8.13. The highest BCUT2D eigenvalue weighted by atomic mass is 19.1. The summed E-state index contributed by atoms with van der Waals surface area (Å²) in [6.45, 7) is 4.51. The molecule has 3 rings (SSSR count). The van der Waals surface area contributed by atoms with Gasteiger partial charge < -0.3 is 9.74 Å². The van der Waals surface area contributed by atoms with Gasteiger partial charge in [-0.1, -0.05) is 61.5 Å². The van der Waals surface area contributed by atoms with E-state index in [4.69, 9.17) is 4.84 Å². The number of benzene rings is 2. The molecule has 4 nitrogen and oxygen atoms in total. The molecule has 1 atom stereocenters. The van der Waals surface area contributed by atoms with Crippen LogP contribution in [0.1, 0.15) is 31.4 Å². The maximum Gasteiger partial charge on any atom is 0.225 e. The molecule has 1 amide bonds. The lowest BCUT2D eigenvalue weighted by Gasteiger charge is -2.26. The monoisotopic (exact) mass is 354 g/mol. The van der Waals surface area contributed by atoms with Gasteiger partial charge in [0.15, 0.2) is 6.10 Å². The molecule has 0 saturated heterocycles. The zero-order valence-corrected chi connectivity index (χ0v) is 15.1. The highest BCUT2D eigenvalue weighted by molar-refractivity contribution is 6.01. The van der Waals surface area contributed by atoms with E-state index >= 15 is 0 Å². The smallest absolute Gasteiger partial charge is 0.225 e. The molecule has 1 aliphatic rings. The summed E-state index contributed by atoms with van der Waals surface area (Å²) < 4.78 is 13.5. The van der Waals surface area contributed by atoms with Crippen LogP contribution in [-0.2, 0) is 16.2 Å². The maximum absolute atomic E-state index is 13.5. The van der Waals surface area contributed by atoms with E-state index in [0.717, 1.165) is 16.8 Å². The molecule has 1 unspecified atom stereocenters. The van der Waals surface area contributed by atoms with Crippen molar-refractivity contribution >= 4 is 11.6 Å². The Morgan fingerprint density at radius 1 is 1.23 bits per heavy atom. The summed E-state index contributed by atoms with van der Waals surface area (Å²) in [4.78, 5) is 19.9. The second-order valence-corrected chi connectivity index (χ2v) is 6.84. The van der Waals surface area contributed by atoms with Gasteiger partial charge in [0.05, 0.1) is 12.3 Å². The summed E-state index contributed by atoms with van der Waals surface area (Å²) in [6, 6.07) is 16.2. The quantitative estimate of drug-likeness (QED) is 0.787. The van der Waals surface area contributed by atoms with Gasteiger partial charge in [-0.15, -0.1) is 0 Å². The van der Waals surface area contributed by atoms with Crippen molar-refractivity contribution in [2.24, 2.45) is 11.1 Å². The number of amides is 1. The van der Waals surface area contributed by atoms with Crippen molar-refractivity contribution in [1.82, 2.24) is 4.90 Å². The fourth-order valence-corrected chi connectivity index (χ4v) is 3.03. The van der Waals surface area contributed by atoms with E-state index in [-0.39, 0.29) is 23.7 Å². The molecule has 1 heterocycles. The Balaban J connectivity index is 1.68. The fraction of sp³-hybridized carbons (Fsp3) is 0.333. The molecule has 0 aliphatic carbocycles. The van der Waals surface area contributed by atoms with Gasteiger partial charge in [-0.05, 0) is 23.3 Å². The Morgan fingerprint density at radius 2 is 2.00 bits per heavy atom. The Bertz CT molecular complexity index is 790. The van der Waals surface area contributed by atoms with Crippen molar-refractivity contribution in [1.29, 1.82) is 0 Å². The normalized spacial score (nSPS) is 16.3. The summed E-state index contributed by atoms with van der Waals surface area (Å²) in [6.07, 6.45) is 0.455. The van der Waals surface area contributed by atoms with E-state index in [0.29, 0.717) is 19.5 Å². The highest BCUT2D eigenvalue weighted by Crippen LogP contribution is 2.19. The van der Waals surface area contributed by atoms with Crippen molar-refractivity contribution in [2.45, 2.75) is 32.9 Å². The van der Waals surface area contributed by atoms with Crippen molar-refractivity contribution in [3.63, 3.8) is 0 Å². The molecule has 0 spiro atoms. The third-order valence-electron chi connectivity index (χ3n) is 4.33. The third-order valence-corrected chi connectivity index (χ3v) is 4.33. The average molecular weight is 354 g/mol. The summed E-state index contributed by atoms with van der Waals surface area (Å²) in [5.74, 6) is -0.420. The molecule has 136 valence electrons. The van der Waals surface area contributed by atoms with E-state index < -0.39 is 0 Å². The minimum atomic E-state index is -0.300. The van der Waals surface area contributed by atoms with Gasteiger partial charge >= 0.3 is 0 Å². The van der Waals surface area contributed by atoms with Gasteiger partial charge in [-0.2, -0.15) is 0 Å². The number of carbonyl (C=O) groups is 1. The average Bonchev–Trinajstić information content (AvgIpc) is 3.10. The van der Waals surface area contributed by atoms with Gasteiger partial charge in [0.2, 0.25) is 5.91 Å². The van der Waals surface area contributed by atoms with Crippen molar-refractivity contribution in [3.05, 3.63) is 71.5 Å². The van der Waals surface area contributed by atoms with E-state index in [2.05, 4.69) is 5.16 Å². The number of hydrogen-bond acceptors (Lipinski definition) is 3. The molecule has 5 heteroatoms. The maximum atomic E-state index is 13.5. The topological polar surface area (TPSA) is 41.9 Å². The van der Waals surface area contributed by atoms with Crippen LogP contribution in [0.15, 0.2) is 59.8 Å². The fourth-order valence-electron chi connectivity index (χ4n) is 3.03. The lowest BCUT2D eigenvalue weighted by molar-refractivity contribution is -0.137. The lowest BCUT2D eigenvalue weighted by Crippen LogP contribution is -2.39. The Hall–Kier alpha value is -2.69. The first-order valence-corrected chi connectivity index (χ1v) is 8.84. The minimum absolute atomic E-state index is 0.0195. The largest absolute Gasteiger partial charge is 0.390 e. The minimum Gasteiger partial charge on any atom is -0.390 e. The van der Waals surface area contributed by atoms with E-state index in [1.165, 1.54) is 12.1 Å². The van der Waals surface area contributed by atoms with E-state index in [1.54, 1.807) is 11.0 Å². The van der Waals surface area contributed by atoms with Gasteiger partial charge in [-0.25, -0.2) is 4.39 Å². The van der Waals surface area contributed by atoms with Crippen LogP contribution >= 0.6 is 0 Å². The van der Waals surface area contributed by atoms with Crippen molar-refractivity contribution < 1.29 is 14.0 Å². The number of carbonyl (C=O) groups excluding carboxylic acids is 1. The van der Waals surface area contributed by atoms with Gasteiger partial charge in [0, 0.05) is 18.9 Å². The van der Waals surface area contributed by atoms with Gasteiger partial charge in [-0.3, -0.25) is 4.79 Å². The predicted molar refractivity (Wildman–Crippen MR) is 99.1 cm³/mol. The van der Waals surface area contributed by atoms with Gasteiger partial charge in [0.1, 0.15) is 5.82 Å². The molecule has 0 N–H and O–H groups in total. The number of halogens is 1. The van der Waals surface area contributed by atoms with Crippen molar-refractivity contribution in [2.75, 3.05) is 6.54 Å².